The zero-order valence-corrected chi connectivity index (χ0v) is 11.9. The highest BCUT2D eigenvalue weighted by atomic mass is 127. The Balaban J connectivity index is 2.56. The maximum Gasteiger partial charge on any atom is 0.0704 e. The van der Waals surface area contributed by atoms with Crippen molar-refractivity contribution in [2.45, 2.75) is 6.92 Å². The molecule has 3 aromatic rings. The fourth-order valence-corrected chi connectivity index (χ4v) is 6.38. The standard InChI is InChI=1S/C9H6INS3/c1-3-6(11)8-9(12-3)7-4(13-8)2-5(10)14-7/h2H,11H2,1H3. The summed E-state index contributed by atoms with van der Waals surface area (Å²) in [4.78, 5) is 1.25. The molecule has 0 atom stereocenters. The summed E-state index contributed by atoms with van der Waals surface area (Å²) < 4.78 is 6.82. The lowest BCUT2D eigenvalue weighted by Gasteiger charge is -1.85. The second-order valence-corrected chi connectivity index (χ2v) is 8.30. The van der Waals surface area contributed by atoms with Crippen molar-refractivity contribution in [2.24, 2.45) is 0 Å². The molecule has 0 spiro atoms. The molecule has 0 saturated carbocycles. The van der Waals surface area contributed by atoms with Crippen LogP contribution < -0.4 is 5.73 Å². The molecule has 14 heavy (non-hydrogen) atoms. The summed E-state index contributed by atoms with van der Waals surface area (Å²) in [6, 6.07) is 2.24. The van der Waals surface area contributed by atoms with Gasteiger partial charge in [-0.15, -0.1) is 34.0 Å². The largest absolute Gasteiger partial charge is 0.397 e. The van der Waals surface area contributed by atoms with Crippen molar-refractivity contribution >= 4 is 81.1 Å². The molecule has 3 aromatic heterocycles. The summed E-state index contributed by atoms with van der Waals surface area (Å²) in [5.41, 5.74) is 7.00. The molecule has 2 N–H and O–H groups in total. The van der Waals surface area contributed by atoms with Crippen molar-refractivity contribution in [3.05, 3.63) is 13.8 Å². The van der Waals surface area contributed by atoms with E-state index in [0.29, 0.717) is 0 Å². The molecule has 5 heteroatoms. The van der Waals surface area contributed by atoms with E-state index in [9.17, 15) is 0 Å². The SMILES string of the molecule is Cc1sc2c(sc3cc(I)sc32)c1N. The Hall–Kier alpha value is 0.150. The van der Waals surface area contributed by atoms with Crippen LogP contribution in [0, 0.1) is 9.81 Å². The van der Waals surface area contributed by atoms with Gasteiger partial charge in [-0.05, 0) is 35.6 Å². The predicted molar refractivity (Wildman–Crippen MR) is 77.0 cm³/mol. The molecule has 0 saturated heterocycles. The van der Waals surface area contributed by atoms with E-state index in [1.165, 1.54) is 26.6 Å². The average molecular weight is 351 g/mol. The molecule has 0 aliphatic heterocycles. The molecule has 1 nitrogen and oxygen atoms in total. The van der Waals surface area contributed by atoms with Gasteiger partial charge in [-0.3, -0.25) is 0 Å². The maximum atomic E-state index is 6.02. The van der Waals surface area contributed by atoms with E-state index in [1.807, 2.05) is 34.0 Å². The van der Waals surface area contributed by atoms with Gasteiger partial charge in [0.05, 0.1) is 22.7 Å². The second-order valence-electron chi connectivity index (χ2n) is 3.08. The maximum absolute atomic E-state index is 6.02. The summed E-state index contributed by atoms with van der Waals surface area (Å²) in [5, 5.41) is 0. The highest BCUT2D eigenvalue weighted by Crippen LogP contribution is 2.47. The molecule has 0 aromatic carbocycles. The minimum Gasteiger partial charge on any atom is -0.397 e. The van der Waals surface area contributed by atoms with Crippen LogP contribution in [-0.4, -0.2) is 0 Å². The number of hydrogen-bond acceptors (Lipinski definition) is 4. The number of fused-ring (bicyclic) bond motifs is 3. The monoisotopic (exact) mass is 351 g/mol. The Morgan fingerprint density at radius 3 is 2.71 bits per heavy atom. The Bertz CT molecular complexity index is 631. The van der Waals surface area contributed by atoms with Crippen LogP contribution in [0.15, 0.2) is 6.07 Å². The van der Waals surface area contributed by atoms with Crippen LogP contribution in [0.5, 0.6) is 0 Å². The predicted octanol–water partition coefficient (Wildman–Crippen LogP) is 4.67. The summed E-state index contributed by atoms with van der Waals surface area (Å²) in [6.07, 6.45) is 0. The topological polar surface area (TPSA) is 26.0 Å². The molecule has 0 aliphatic rings. The fourth-order valence-electron chi connectivity index (χ4n) is 1.48. The van der Waals surface area contributed by atoms with Crippen molar-refractivity contribution in [3.63, 3.8) is 0 Å². The number of nitrogen functional groups attached to an aromatic ring is 1. The first-order valence-electron chi connectivity index (χ1n) is 4.03. The molecular weight excluding hydrogens is 345 g/mol. The van der Waals surface area contributed by atoms with Crippen molar-refractivity contribution in [3.8, 4) is 0 Å². The first-order valence-corrected chi connectivity index (χ1v) is 7.56. The number of anilines is 1. The number of halogens is 1. The van der Waals surface area contributed by atoms with Crippen LogP contribution >= 0.6 is 56.6 Å². The van der Waals surface area contributed by atoms with Crippen LogP contribution in [0.25, 0.3) is 18.8 Å². The van der Waals surface area contributed by atoms with Crippen molar-refractivity contribution in [1.29, 1.82) is 0 Å². The van der Waals surface area contributed by atoms with Crippen molar-refractivity contribution in [2.75, 3.05) is 5.73 Å². The van der Waals surface area contributed by atoms with E-state index in [0.717, 1.165) is 5.69 Å². The third-order valence-electron chi connectivity index (χ3n) is 2.17. The minimum atomic E-state index is 0.980. The second kappa shape index (κ2) is 3.07. The van der Waals surface area contributed by atoms with Crippen LogP contribution in [0.4, 0.5) is 5.69 Å². The van der Waals surface area contributed by atoms with Crippen LogP contribution in [0.1, 0.15) is 4.88 Å². The lowest BCUT2D eigenvalue weighted by Crippen LogP contribution is -1.81. The number of rotatable bonds is 0. The van der Waals surface area contributed by atoms with Crippen LogP contribution in [0.3, 0.4) is 0 Å². The van der Waals surface area contributed by atoms with E-state index in [4.69, 9.17) is 5.73 Å². The highest BCUT2D eigenvalue weighted by molar-refractivity contribution is 14.1. The Morgan fingerprint density at radius 2 is 1.93 bits per heavy atom. The molecule has 3 rings (SSSR count). The third kappa shape index (κ3) is 1.16. The Labute approximate surface area is 107 Å². The van der Waals surface area contributed by atoms with Gasteiger partial charge in [-0.2, -0.15) is 0 Å². The van der Waals surface area contributed by atoms with E-state index in [1.54, 1.807) is 0 Å². The lowest BCUT2D eigenvalue weighted by molar-refractivity contribution is 1.65. The van der Waals surface area contributed by atoms with Gasteiger partial charge in [0.2, 0.25) is 0 Å². The number of thiophene rings is 3. The molecular formula is C9H6INS3. The summed E-state index contributed by atoms with van der Waals surface area (Å²) >= 11 is 7.88. The van der Waals surface area contributed by atoms with Crippen molar-refractivity contribution in [1.82, 2.24) is 0 Å². The lowest BCUT2D eigenvalue weighted by atomic mass is 10.4. The van der Waals surface area contributed by atoms with Gasteiger partial charge in [0.25, 0.3) is 0 Å². The molecule has 0 bridgehead atoms. The number of aryl methyl sites for hydroxylation is 1. The van der Waals surface area contributed by atoms with Crippen LogP contribution in [-0.2, 0) is 0 Å². The van der Waals surface area contributed by atoms with Gasteiger partial charge >= 0.3 is 0 Å². The van der Waals surface area contributed by atoms with Gasteiger partial charge in [0, 0.05) is 9.58 Å². The third-order valence-corrected chi connectivity index (χ3v) is 6.78. The zero-order valence-electron chi connectivity index (χ0n) is 7.26. The number of nitrogens with two attached hydrogens (primary N) is 1. The quantitative estimate of drug-likeness (QED) is 0.585. The molecule has 0 unspecified atom stereocenters. The zero-order chi connectivity index (χ0) is 9.87. The highest BCUT2D eigenvalue weighted by Gasteiger charge is 2.14. The first kappa shape index (κ1) is 9.38. The van der Waals surface area contributed by atoms with E-state index in [2.05, 4.69) is 35.6 Å². The molecule has 0 radical (unpaired) electrons. The van der Waals surface area contributed by atoms with Gasteiger partial charge < -0.3 is 5.73 Å². The van der Waals surface area contributed by atoms with Gasteiger partial charge in [0.15, 0.2) is 0 Å². The molecule has 0 fully saturated rings. The number of hydrogen-bond donors (Lipinski definition) is 1. The average Bonchev–Trinajstić information content (AvgIpc) is 2.69. The summed E-state index contributed by atoms with van der Waals surface area (Å²) in [6.45, 7) is 2.09. The summed E-state index contributed by atoms with van der Waals surface area (Å²) in [5.74, 6) is 0. The summed E-state index contributed by atoms with van der Waals surface area (Å²) in [7, 11) is 0. The van der Waals surface area contributed by atoms with E-state index < -0.39 is 0 Å². The fraction of sp³-hybridized carbons (Fsp3) is 0.111. The molecule has 72 valence electrons. The molecule has 0 amide bonds. The molecule has 3 heterocycles. The Morgan fingerprint density at radius 1 is 1.14 bits per heavy atom. The van der Waals surface area contributed by atoms with Crippen LogP contribution in [0.2, 0.25) is 0 Å². The minimum absolute atomic E-state index is 0.980. The van der Waals surface area contributed by atoms with Crippen molar-refractivity contribution < 1.29 is 0 Å². The van der Waals surface area contributed by atoms with Gasteiger partial charge in [0.1, 0.15) is 0 Å². The van der Waals surface area contributed by atoms with E-state index in [-0.39, 0.29) is 0 Å². The molecule has 0 aliphatic carbocycles. The van der Waals surface area contributed by atoms with E-state index >= 15 is 0 Å². The Kier molecular flexibility index (Phi) is 2.06. The van der Waals surface area contributed by atoms with Gasteiger partial charge in [-0.1, -0.05) is 0 Å². The normalized spacial score (nSPS) is 11.9. The smallest absolute Gasteiger partial charge is 0.0704 e. The van der Waals surface area contributed by atoms with Gasteiger partial charge in [-0.25, -0.2) is 0 Å². The first-order chi connectivity index (χ1) is 6.66.